The standard InChI is InChI=1S/C21H22ClFN2O3/c1-14-17(22)6-4-8-19(14)28-13-20(26)25-11-9-15(10-12-25)24-21(27)16-5-2-3-7-18(16)23/h2-8,15H,9-13H2,1H3,(H,24,27). The number of nitrogens with zero attached hydrogens (tertiary/aromatic N) is 1. The van der Waals surface area contributed by atoms with Crippen molar-refractivity contribution >= 4 is 23.4 Å². The fraction of sp³-hybridized carbons (Fsp3) is 0.333. The van der Waals surface area contributed by atoms with Crippen LogP contribution in [0.3, 0.4) is 0 Å². The Morgan fingerprint density at radius 3 is 2.61 bits per heavy atom. The molecule has 3 rings (SSSR count). The van der Waals surface area contributed by atoms with E-state index in [9.17, 15) is 14.0 Å². The number of halogens is 2. The third-order valence-corrected chi connectivity index (χ3v) is 5.28. The minimum atomic E-state index is -0.541. The van der Waals surface area contributed by atoms with Gasteiger partial charge in [0.25, 0.3) is 11.8 Å². The SMILES string of the molecule is Cc1c(Cl)cccc1OCC(=O)N1CCC(NC(=O)c2ccccc2F)CC1. The summed E-state index contributed by atoms with van der Waals surface area (Å²) >= 11 is 6.06. The minimum absolute atomic E-state index is 0.0336. The molecule has 1 fully saturated rings. The molecule has 1 heterocycles. The molecular formula is C21H22ClFN2O3. The van der Waals surface area contributed by atoms with Gasteiger partial charge in [-0.3, -0.25) is 9.59 Å². The highest BCUT2D eigenvalue weighted by Gasteiger charge is 2.25. The molecule has 0 unspecified atom stereocenters. The Labute approximate surface area is 168 Å². The van der Waals surface area contributed by atoms with E-state index in [-0.39, 0.29) is 24.1 Å². The number of rotatable bonds is 5. The molecule has 0 radical (unpaired) electrons. The number of benzene rings is 2. The first-order valence-electron chi connectivity index (χ1n) is 9.17. The average Bonchev–Trinajstić information content (AvgIpc) is 2.69. The molecule has 0 aliphatic carbocycles. The van der Waals surface area contributed by atoms with Gasteiger partial charge >= 0.3 is 0 Å². The second-order valence-corrected chi connectivity index (χ2v) is 7.17. The van der Waals surface area contributed by atoms with Crippen molar-refractivity contribution in [3.05, 3.63) is 64.4 Å². The van der Waals surface area contributed by atoms with Gasteiger partial charge in [0.1, 0.15) is 11.6 Å². The minimum Gasteiger partial charge on any atom is -0.483 e. The first-order chi connectivity index (χ1) is 13.5. The van der Waals surface area contributed by atoms with E-state index >= 15 is 0 Å². The summed E-state index contributed by atoms with van der Waals surface area (Å²) in [6, 6.07) is 11.1. The van der Waals surface area contributed by atoms with Gasteiger partial charge in [0, 0.05) is 29.7 Å². The molecule has 1 aliphatic heterocycles. The number of ether oxygens (including phenoxy) is 1. The summed E-state index contributed by atoms with van der Waals surface area (Å²) in [7, 11) is 0. The Hall–Kier alpha value is -2.60. The van der Waals surface area contributed by atoms with Gasteiger partial charge in [-0.2, -0.15) is 0 Å². The van der Waals surface area contributed by atoms with Crippen molar-refractivity contribution < 1.29 is 18.7 Å². The molecule has 0 atom stereocenters. The zero-order valence-corrected chi connectivity index (χ0v) is 16.3. The summed E-state index contributed by atoms with van der Waals surface area (Å²) in [6.07, 6.45) is 1.23. The van der Waals surface area contributed by atoms with E-state index in [1.165, 1.54) is 12.1 Å². The predicted molar refractivity (Wildman–Crippen MR) is 105 cm³/mol. The quantitative estimate of drug-likeness (QED) is 0.828. The van der Waals surface area contributed by atoms with Crippen LogP contribution in [0.25, 0.3) is 0 Å². The number of carbonyl (C=O) groups excluding carboxylic acids is 2. The largest absolute Gasteiger partial charge is 0.483 e. The zero-order chi connectivity index (χ0) is 20.1. The van der Waals surface area contributed by atoms with Crippen molar-refractivity contribution in [2.24, 2.45) is 0 Å². The van der Waals surface area contributed by atoms with Gasteiger partial charge in [-0.15, -0.1) is 0 Å². The molecule has 1 N–H and O–H groups in total. The molecule has 7 heteroatoms. The second-order valence-electron chi connectivity index (χ2n) is 6.76. The van der Waals surface area contributed by atoms with Gasteiger partial charge in [-0.1, -0.05) is 29.8 Å². The van der Waals surface area contributed by atoms with E-state index in [0.29, 0.717) is 36.7 Å². The Balaban J connectivity index is 1.47. The molecule has 0 bridgehead atoms. The molecule has 2 aromatic carbocycles. The summed E-state index contributed by atoms with van der Waals surface area (Å²) in [5, 5.41) is 3.44. The number of carbonyl (C=O) groups is 2. The molecule has 1 saturated heterocycles. The van der Waals surface area contributed by atoms with Gasteiger partial charge in [-0.05, 0) is 44.0 Å². The van der Waals surface area contributed by atoms with Crippen LogP contribution in [0.1, 0.15) is 28.8 Å². The van der Waals surface area contributed by atoms with Gasteiger partial charge in [0.05, 0.1) is 5.56 Å². The molecule has 0 saturated carbocycles. The first kappa shape index (κ1) is 20.1. The highest BCUT2D eigenvalue weighted by atomic mass is 35.5. The van der Waals surface area contributed by atoms with Crippen LogP contribution in [0.4, 0.5) is 4.39 Å². The topological polar surface area (TPSA) is 58.6 Å². The maximum Gasteiger partial charge on any atom is 0.260 e. The van der Waals surface area contributed by atoms with Crippen LogP contribution < -0.4 is 10.1 Å². The molecule has 5 nitrogen and oxygen atoms in total. The van der Waals surface area contributed by atoms with E-state index in [2.05, 4.69) is 5.32 Å². The normalized spacial score (nSPS) is 14.6. The zero-order valence-electron chi connectivity index (χ0n) is 15.6. The van der Waals surface area contributed by atoms with Crippen LogP contribution in [0.5, 0.6) is 5.75 Å². The fourth-order valence-corrected chi connectivity index (χ4v) is 3.32. The van der Waals surface area contributed by atoms with Gasteiger partial charge in [0.2, 0.25) is 0 Å². The number of amides is 2. The molecule has 0 aromatic heterocycles. The Kier molecular flexibility index (Phi) is 6.52. The molecule has 28 heavy (non-hydrogen) atoms. The molecular weight excluding hydrogens is 383 g/mol. The van der Waals surface area contributed by atoms with E-state index in [0.717, 1.165) is 5.56 Å². The second kappa shape index (κ2) is 9.06. The van der Waals surface area contributed by atoms with Crippen molar-refractivity contribution in [1.82, 2.24) is 10.2 Å². The number of hydrogen-bond acceptors (Lipinski definition) is 3. The number of likely N-dealkylation sites (tertiary alicyclic amines) is 1. The number of piperidine rings is 1. The lowest BCUT2D eigenvalue weighted by atomic mass is 10.0. The van der Waals surface area contributed by atoms with Crippen molar-refractivity contribution in [3.8, 4) is 5.75 Å². The smallest absolute Gasteiger partial charge is 0.260 e. The summed E-state index contributed by atoms with van der Waals surface area (Å²) in [4.78, 5) is 26.3. The Morgan fingerprint density at radius 2 is 1.89 bits per heavy atom. The summed E-state index contributed by atoms with van der Waals surface area (Å²) in [5.41, 5.74) is 0.831. The number of nitrogens with one attached hydrogen (secondary N) is 1. The van der Waals surface area contributed by atoms with Crippen LogP contribution in [0.15, 0.2) is 42.5 Å². The molecule has 2 amide bonds. The van der Waals surface area contributed by atoms with Crippen LogP contribution in [-0.4, -0.2) is 42.5 Å². The van der Waals surface area contributed by atoms with Crippen LogP contribution in [0.2, 0.25) is 5.02 Å². The Bertz CT molecular complexity index is 866. The van der Waals surface area contributed by atoms with Crippen LogP contribution >= 0.6 is 11.6 Å². The molecule has 0 spiro atoms. The first-order valence-corrected chi connectivity index (χ1v) is 9.54. The maximum atomic E-state index is 13.7. The third kappa shape index (κ3) is 4.81. The molecule has 148 valence electrons. The molecule has 2 aromatic rings. The summed E-state index contributed by atoms with van der Waals surface area (Å²) in [5.74, 6) is -0.491. The van der Waals surface area contributed by atoms with Crippen molar-refractivity contribution in [1.29, 1.82) is 0 Å². The lowest BCUT2D eigenvalue weighted by molar-refractivity contribution is -0.134. The highest BCUT2D eigenvalue weighted by molar-refractivity contribution is 6.31. The van der Waals surface area contributed by atoms with Gasteiger partial charge < -0.3 is 15.0 Å². The Morgan fingerprint density at radius 1 is 1.18 bits per heavy atom. The van der Waals surface area contributed by atoms with Gasteiger partial charge in [-0.25, -0.2) is 4.39 Å². The monoisotopic (exact) mass is 404 g/mol. The van der Waals surface area contributed by atoms with E-state index in [1.807, 2.05) is 6.92 Å². The summed E-state index contributed by atoms with van der Waals surface area (Å²) < 4.78 is 19.3. The molecule has 1 aliphatic rings. The fourth-order valence-electron chi connectivity index (χ4n) is 3.16. The third-order valence-electron chi connectivity index (χ3n) is 4.87. The maximum absolute atomic E-state index is 13.7. The van der Waals surface area contributed by atoms with E-state index < -0.39 is 11.7 Å². The van der Waals surface area contributed by atoms with Crippen molar-refractivity contribution in [2.45, 2.75) is 25.8 Å². The van der Waals surface area contributed by atoms with E-state index in [1.54, 1.807) is 35.2 Å². The average molecular weight is 405 g/mol. The van der Waals surface area contributed by atoms with Crippen LogP contribution in [0, 0.1) is 12.7 Å². The number of hydrogen-bond donors (Lipinski definition) is 1. The lowest BCUT2D eigenvalue weighted by Crippen LogP contribution is -2.47. The summed E-state index contributed by atoms with van der Waals surface area (Å²) in [6.45, 7) is 2.80. The predicted octanol–water partition coefficient (Wildman–Crippen LogP) is 3.59. The van der Waals surface area contributed by atoms with Crippen molar-refractivity contribution in [3.63, 3.8) is 0 Å². The van der Waals surface area contributed by atoms with Crippen molar-refractivity contribution in [2.75, 3.05) is 19.7 Å². The highest BCUT2D eigenvalue weighted by Crippen LogP contribution is 2.25. The van der Waals surface area contributed by atoms with E-state index in [4.69, 9.17) is 16.3 Å². The van der Waals surface area contributed by atoms with Gasteiger partial charge in [0.15, 0.2) is 6.61 Å². The van der Waals surface area contributed by atoms with Crippen LogP contribution in [-0.2, 0) is 4.79 Å². The lowest BCUT2D eigenvalue weighted by Gasteiger charge is -2.32.